The van der Waals surface area contributed by atoms with Crippen LogP contribution in [-0.2, 0) is 0 Å². The first kappa shape index (κ1) is 34.0. The van der Waals surface area contributed by atoms with E-state index in [0.29, 0.717) is 17.7 Å². The van der Waals surface area contributed by atoms with E-state index >= 15 is 0 Å². The molecule has 6 nitrogen and oxygen atoms in total. The van der Waals surface area contributed by atoms with E-state index in [4.69, 9.17) is 14.7 Å². The third kappa shape index (κ3) is 6.82. The fourth-order valence-electron chi connectivity index (χ4n) is 8.35. The average Bonchev–Trinajstić information content (AvgIpc) is 3.87. The highest BCUT2D eigenvalue weighted by molar-refractivity contribution is 6.08. The van der Waals surface area contributed by atoms with Gasteiger partial charge in [-0.25, -0.2) is 9.97 Å². The monoisotopic (exact) mass is 667 g/mol. The predicted molar refractivity (Wildman–Crippen MR) is 209 cm³/mol. The number of allylic oxidation sites excluding steroid dienone is 5. The van der Waals surface area contributed by atoms with Crippen LogP contribution in [0.25, 0.3) is 22.7 Å². The van der Waals surface area contributed by atoms with E-state index in [-0.39, 0.29) is 6.04 Å². The number of aryl methyl sites for hydroxylation is 2. The summed E-state index contributed by atoms with van der Waals surface area (Å²) in [4.78, 5) is 18.3. The van der Waals surface area contributed by atoms with Crippen LogP contribution in [0.3, 0.4) is 0 Å². The Balaban J connectivity index is 1.37. The van der Waals surface area contributed by atoms with Gasteiger partial charge in [-0.15, -0.1) is 0 Å². The maximum Gasteiger partial charge on any atom is 0.212 e. The summed E-state index contributed by atoms with van der Waals surface area (Å²) in [5.41, 5.74) is 12.8. The standard InChI is InChI=1S/C44H53N5O/c1-8-39(38-25-34-13-9-10-14-40(34)47-44(38)48-22-11-12-28(2)21-23-48)46-42-35(19-17-33-18-20-41(50-7)45-27-33)29(3)24-30(4)43(37-26-36(37)42)49-31(5)15-16-32(49)6/h9-10,13-20,25,27-28,36-37,39H,8,11-12,21-24,26H2,1-7H3/b19-17+,35-29-,43-30?,46-42?. The molecule has 1 saturated carbocycles. The summed E-state index contributed by atoms with van der Waals surface area (Å²) in [6.45, 7) is 15.9. The molecule has 0 radical (unpaired) electrons. The van der Waals surface area contributed by atoms with Crippen LogP contribution < -0.4 is 9.64 Å². The van der Waals surface area contributed by atoms with E-state index in [0.717, 1.165) is 55.2 Å². The quantitative estimate of drug-likeness (QED) is 0.188. The van der Waals surface area contributed by atoms with Crippen LogP contribution in [0.2, 0.25) is 0 Å². The van der Waals surface area contributed by atoms with Crippen molar-refractivity contribution in [1.29, 1.82) is 0 Å². The minimum atomic E-state index is 0.000824. The van der Waals surface area contributed by atoms with E-state index < -0.39 is 0 Å². The van der Waals surface area contributed by atoms with Crippen molar-refractivity contribution in [3.05, 3.63) is 106 Å². The third-order valence-electron chi connectivity index (χ3n) is 11.2. The molecule has 0 amide bonds. The maximum atomic E-state index is 5.88. The van der Waals surface area contributed by atoms with Gasteiger partial charge in [0, 0.05) is 70.9 Å². The molecule has 50 heavy (non-hydrogen) atoms. The molecule has 0 N–H and O–H groups in total. The van der Waals surface area contributed by atoms with Crippen LogP contribution >= 0.6 is 0 Å². The van der Waals surface area contributed by atoms with Crippen molar-refractivity contribution in [1.82, 2.24) is 14.5 Å². The number of aliphatic imine (C=N–C) groups is 1. The molecule has 0 bridgehead atoms. The zero-order chi connectivity index (χ0) is 34.9. The Morgan fingerprint density at radius 1 is 0.940 bits per heavy atom. The highest BCUT2D eigenvalue weighted by Crippen LogP contribution is 2.53. The molecule has 3 aliphatic rings. The molecule has 4 aromatic rings. The van der Waals surface area contributed by atoms with Crippen molar-refractivity contribution < 1.29 is 4.74 Å². The Kier molecular flexibility index (Phi) is 9.81. The van der Waals surface area contributed by atoms with Crippen LogP contribution in [-0.4, -0.2) is 40.4 Å². The first-order valence-electron chi connectivity index (χ1n) is 18.7. The van der Waals surface area contributed by atoms with E-state index in [1.807, 2.05) is 12.3 Å². The predicted octanol–water partition coefficient (Wildman–Crippen LogP) is 10.6. The number of pyridine rings is 2. The number of hydrogen-bond donors (Lipinski definition) is 0. The molecule has 1 aromatic carbocycles. The van der Waals surface area contributed by atoms with Crippen LogP contribution in [0.15, 0.2) is 88.6 Å². The lowest BCUT2D eigenvalue weighted by atomic mass is 9.89. The van der Waals surface area contributed by atoms with Crippen LogP contribution in [0.5, 0.6) is 5.88 Å². The molecule has 4 unspecified atom stereocenters. The lowest BCUT2D eigenvalue weighted by Gasteiger charge is -2.28. The third-order valence-corrected chi connectivity index (χ3v) is 11.2. The normalized spacial score (nSPS) is 24.3. The Labute approximate surface area is 298 Å². The number of ether oxygens (including phenoxy) is 1. The summed E-state index contributed by atoms with van der Waals surface area (Å²) in [6, 6.07) is 19.5. The largest absolute Gasteiger partial charge is 0.481 e. The summed E-state index contributed by atoms with van der Waals surface area (Å²) < 4.78 is 7.84. The van der Waals surface area contributed by atoms with Gasteiger partial charge in [0.05, 0.1) is 18.7 Å². The fraction of sp³-hybridized carbons (Fsp3) is 0.432. The first-order valence-corrected chi connectivity index (χ1v) is 18.7. The zero-order valence-corrected chi connectivity index (χ0v) is 31.0. The van der Waals surface area contributed by atoms with E-state index in [2.05, 4.69) is 117 Å². The van der Waals surface area contributed by atoms with E-state index in [1.165, 1.54) is 69.7 Å². The molecule has 4 atom stereocenters. The van der Waals surface area contributed by atoms with Gasteiger partial charge in [-0.05, 0) is 119 Å². The molecule has 1 aliphatic heterocycles. The van der Waals surface area contributed by atoms with Crippen molar-refractivity contribution in [2.45, 2.75) is 86.1 Å². The number of para-hydroxylation sites is 1. The summed E-state index contributed by atoms with van der Waals surface area (Å²) in [6.07, 6.45) is 13.0. The second-order valence-electron chi connectivity index (χ2n) is 15.0. The van der Waals surface area contributed by atoms with E-state index in [1.54, 1.807) is 7.11 Å². The molecule has 260 valence electrons. The number of benzene rings is 1. The second kappa shape index (κ2) is 14.4. The smallest absolute Gasteiger partial charge is 0.212 e. The van der Waals surface area contributed by atoms with E-state index in [9.17, 15) is 0 Å². The molecule has 6 heteroatoms. The van der Waals surface area contributed by atoms with Gasteiger partial charge in [-0.3, -0.25) is 4.99 Å². The lowest BCUT2D eigenvalue weighted by molar-refractivity contribution is 0.398. The minimum absolute atomic E-state index is 0.000824. The Morgan fingerprint density at radius 3 is 2.48 bits per heavy atom. The topological polar surface area (TPSA) is 55.5 Å². The van der Waals surface area contributed by atoms with Gasteiger partial charge in [0.25, 0.3) is 0 Å². The van der Waals surface area contributed by atoms with Crippen LogP contribution in [0.4, 0.5) is 5.82 Å². The number of methoxy groups -OCH3 is 1. The fourth-order valence-corrected chi connectivity index (χ4v) is 8.35. The Hall–Kier alpha value is -4.45. The summed E-state index contributed by atoms with van der Waals surface area (Å²) >= 11 is 0. The molecule has 2 aliphatic carbocycles. The van der Waals surface area contributed by atoms with Crippen LogP contribution in [0, 0.1) is 31.6 Å². The number of anilines is 1. The van der Waals surface area contributed by atoms with Gasteiger partial charge in [-0.1, -0.05) is 49.8 Å². The molecular formula is C44H53N5O. The number of fused-ring (bicyclic) bond motifs is 2. The first-order chi connectivity index (χ1) is 24.2. The number of rotatable bonds is 8. The SMILES string of the molecule is CCC(N=C1C(/C=C/c2ccc(OC)nc2)=C(/C)CC(C)=C(n2c(C)ccc2C)C2CC12)c1cc2ccccc2nc1N1CCCC(C)CC1. The minimum Gasteiger partial charge on any atom is -0.481 e. The Bertz CT molecular complexity index is 1970. The van der Waals surface area contributed by atoms with Crippen molar-refractivity contribution >= 4 is 34.2 Å². The van der Waals surface area contributed by atoms with Crippen molar-refractivity contribution in [2.75, 3.05) is 25.1 Å². The zero-order valence-electron chi connectivity index (χ0n) is 31.0. The van der Waals surface area contributed by atoms with Gasteiger partial charge in [0.1, 0.15) is 5.82 Å². The van der Waals surface area contributed by atoms with Gasteiger partial charge < -0.3 is 14.2 Å². The number of aromatic nitrogens is 3. The molecule has 4 heterocycles. The van der Waals surface area contributed by atoms with Gasteiger partial charge in [-0.2, -0.15) is 0 Å². The molecular weight excluding hydrogens is 615 g/mol. The Morgan fingerprint density at radius 2 is 1.74 bits per heavy atom. The summed E-state index contributed by atoms with van der Waals surface area (Å²) in [5.74, 6) is 3.30. The molecule has 1 saturated heterocycles. The lowest BCUT2D eigenvalue weighted by Crippen LogP contribution is -2.27. The van der Waals surface area contributed by atoms with Crippen molar-refractivity contribution in [3.8, 4) is 5.88 Å². The number of hydrogen-bond acceptors (Lipinski definition) is 5. The van der Waals surface area contributed by atoms with Gasteiger partial charge >= 0.3 is 0 Å². The summed E-state index contributed by atoms with van der Waals surface area (Å²) in [7, 11) is 1.66. The average molecular weight is 668 g/mol. The second-order valence-corrected chi connectivity index (χ2v) is 15.0. The highest BCUT2D eigenvalue weighted by atomic mass is 16.5. The van der Waals surface area contributed by atoms with Gasteiger partial charge in [0.15, 0.2) is 0 Å². The highest BCUT2D eigenvalue weighted by Gasteiger charge is 2.47. The van der Waals surface area contributed by atoms with Crippen molar-refractivity contribution in [2.24, 2.45) is 22.7 Å². The molecule has 3 aromatic heterocycles. The van der Waals surface area contributed by atoms with Crippen LogP contribution in [0.1, 0.15) is 94.8 Å². The maximum absolute atomic E-state index is 5.88. The molecule has 0 spiro atoms. The van der Waals surface area contributed by atoms with Crippen molar-refractivity contribution in [3.63, 3.8) is 0 Å². The van der Waals surface area contributed by atoms with Gasteiger partial charge in [0.2, 0.25) is 5.88 Å². The summed E-state index contributed by atoms with van der Waals surface area (Å²) in [5, 5.41) is 1.19. The molecule has 2 fully saturated rings. The molecule has 7 rings (SSSR count). The number of nitrogens with zero attached hydrogens (tertiary/aromatic N) is 5.